The van der Waals surface area contributed by atoms with Crippen molar-refractivity contribution >= 4 is 46.7 Å². The Hall–Kier alpha value is -3.14. The Morgan fingerprint density at radius 1 is 1.19 bits per heavy atom. The molecule has 2 fully saturated rings. The lowest BCUT2D eigenvalue weighted by Crippen LogP contribution is -2.53. The van der Waals surface area contributed by atoms with Crippen LogP contribution in [0.3, 0.4) is 0 Å². The number of nitriles is 1. The van der Waals surface area contributed by atoms with E-state index in [0.717, 1.165) is 80.9 Å². The number of hydrogen-bond donors (Lipinski definition) is 2. The van der Waals surface area contributed by atoms with Crippen LogP contribution in [0, 0.1) is 18.3 Å². The van der Waals surface area contributed by atoms with Gasteiger partial charge in [0, 0.05) is 86.4 Å². The van der Waals surface area contributed by atoms with Crippen molar-refractivity contribution in [2.75, 3.05) is 44.7 Å². The van der Waals surface area contributed by atoms with Crippen LogP contribution in [0.1, 0.15) is 48.4 Å². The second-order valence-electron chi connectivity index (χ2n) is 12.6. The molecule has 1 aromatic carbocycles. The van der Waals surface area contributed by atoms with E-state index in [-0.39, 0.29) is 19.4 Å². The molecule has 0 amide bonds. The Bertz CT molecular complexity index is 1730. The lowest BCUT2D eigenvalue weighted by molar-refractivity contribution is -0.126. The van der Waals surface area contributed by atoms with E-state index in [1.54, 1.807) is 12.7 Å². The zero-order valence-electron chi connectivity index (χ0n) is 27.3. The maximum Gasteiger partial charge on any atom is 0.393 e. The number of alkyl halides is 3. The normalized spacial score (nSPS) is 19.1. The van der Waals surface area contributed by atoms with Gasteiger partial charge in [0.15, 0.2) is 8.46 Å². The number of nitrogens with one attached hydrogen (secondary N) is 2. The summed E-state index contributed by atoms with van der Waals surface area (Å²) in [6, 6.07) is 11.4. The summed E-state index contributed by atoms with van der Waals surface area (Å²) in [4.78, 5) is 14.3. The molecule has 0 saturated carbocycles. The van der Waals surface area contributed by atoms with Crippen molar-refractivity contribution in [3.05, 3.63) is 52.3 Å². The summed E-state index contributed by atoms with van der Waals surface area (Å²) in [5.41, 5.74) is 4.31. The predicted molar refractivity (Wildman–Crippen MR) is 183 cm³/mol. The molecule has 47 heavy (non-hydrogen) atoms. The van der Waals surface area contributed by atoms with Crippen LogP contribution < -0.4 is 10.6 Å². The number of likely N-dealkylation sites (tertiary alicyclic amines) is 1. The molecule has 2 aliphatic rings. The van der Waals surface area contributed by atoms with Gasteiger partial charge < -0.3 is 15.2 Å². The molecule has 0 radical (unpaired) electrons. The van der Waals surface area contributed by atoms with Gasteiger partial charge in [-0.3, -0.25) is 14.4 Å². The molecular formula is C33H42F3N8OPS. The zero-order valence-corrected chi connectivity index (χ0v) is 29.0. The number of thiophene rings is 1. The average molecular weight is 687 g/mol. The number of hydrogen-bond acceptors (Lipinski definition) is 9. The van der Waals surface area contributed by atoms with Gasteiger partial charge in [0.2, 0.25) is 0 Å². The van der Waals surface area contributed by atoms with Crippen molar-refractivity contribution in [3.8, 4) is 6.07 Å². The molecule has 0 aliphatic carbocycles. The third kappa shape index (κ3) is 8.67. The summed E-state index contributed by atoms with van der Waals surface area (Å²) in [7, 11) is 0.167. The maximum absolute atomic E-state index is 12.9. The monoisotopic (exact) mass is 686 g/mol. The topological polar surface area (TPSA) is 102 Å². The molecule has 0 spiro atoms. The molecule has 9 nitrogen and oxygen atoms in total. The van der Waals surface area contributed by atoms with E-state index < -0.39 is 12.6 Å². The summed E-state index contributed by atoms with van der Waals surface area (Å²) < 4.78 is 49.9. The Kier molecular flexibility index (Phi) is 11.5. The quantitative estimate of drug-likeness (QED) is 0.200. The highest BCUT2D eigenvalue weighted by Gasteiger charge is 2.29. The Balaban J connectivity index is 0.00000139. The second kappa shape index (κ2) is 15.4. The largest absolute Gasteiger partial charge is 0.393 e. The number of aryl methyl sites for hydroxylation is 1. The zero-order chi connectivity index (χ0) is 33.7. The summed E-state index contributed by atoms with van der Waals surface area (Å²) in [6.45, 7) is 14.6. The number of piperazine rings is 1. The highest BCUT2D eigenvalue weighted by atomic mass is 32.1. The standard InChI is InChI=1S/C32H39F3N8S.CH3OP/c1-20-16-42(11-8-37-20)21(2)17-43-25(15-36)12-27-22(3)23(4-5-29(27)43)18-41-9-6-24(7-10-41)40-30-28-13-26(14-32(33,34)35)44-31(28)39-19-38-30;1-3-2/h4-5,12-13,19-21,24,37H,6-11,14,16-18H2,1-3H3,(H,38,39,40);1H3. The van der Waals surface area contributed by atoms with E-state index in [1.807, 2.05) is 6.07 Å². The summed E-state index contributed by atoms with van der Waals surface area (Å²) >= 11 is 1.07. The molecule has 3 aromatic heterocycles. The first kappa shape index (κ1) is 35.2. The number of rotatable bonds is 8. The minimum absolute atomic E-state index is 0.167. The number of halogens is 3. The van der Waals surface area contributed by atoms with Crippen LogP contribution in [0.2, 0.25) is 0 Å². The molecule has 5 heterocycles. The minimum Gasteiger partial charge on any atom is -0.367 e. The van der Waals surface area contributed by atoms with Crippen LogP contribution in [0.25, 0.3) is 21.1 Å². The molecule has 2 N–H and O–H groups in total. The highest BCUT2D eigenvalue weighted by molar-refractivity contribution is 7.22. The Morgan fingerprint density at radius 2 is 1.94 bits per heavy atom. The molecule has 0 bridgehead atoms. The third-order valence-corrected chi connectivity index (χ3v) is 10.2. The van der Waals surface area contributed by atoms with Crippen molar-refractivity contribution in [2.24, 2.45) is 0 Å². The molecule has 252 valence electrons. The molecule has 2 atom stereocenters. The van der Waals surface area contributed by atoms with Gasteiger partial charge in [0.25, 0.3) is 0 Å². The van der Waals surface area contributed by atoms with E-state index in [9.17, 15) is 18.4 Å². The molecule has 2 aliphatic heterocycles. The van der Waals surface area contributed by atoms with E-state index in [4.69, 9.17) is 4.57 Å². The van der Waals surface area contributed by atoms with E-state index in [2.05, 4.69) is 73.9 Å². The molecule has 6 rings (SSSR count). The number of anilines is 1. The van der Waals surface area contributed by atoms with Crippen LogP contribution in [0.15, 0.2) is 30.6 Å². The second-order valence-corrected chi connectivity index (χ2v) is 14.0. The molecular weight excluding hydrogens is 644 g/mol. The van der Waals surface area contributed by atoms with Crippen molar-refractivity contribution < 1.29 is 17.7 Å². The molecule has 4 aromatic rings. The van der Waals surface area contributed by atoms with Gasteiger partial charge in [-0.25, -0.2) is 9.97 Å². The van der Waals surface area contributed by atoms with Crippen molar-refractivity contribution in [1.29, 1.82) is 5.26 Å². The smallest absolute Gasteiger partial charge is 0.367 e. The Labute approximate surface area is 279 Å². The van der Waals surface area contributed by atoms with Crippen LogP contribution in [-0.2, 0) is 24.1 Å². The SMILES string of the molecule is CP=O.Cc1c(CN2CCC(Nc3ncnc4sc(CC(F)(F)F)cc34)CC2)ccc2c1cc(C#N)n2CC(C)N1CCNC(C)C1. The van der Waals surface area contributed by atoms with Gasteiger partial charge in [-0.15, -0.1) is 11.3 Å². The minimum atomic E-state index is -4.25. The van der Waals surface area contributed by atoms with Gasteiger partial charge in [0.05, 0.1) is 11.8 Å². The first-order valence-corrected chi connectivity index (χ1v) is 18.1. The van der Waals surface area contributed by atoms with Gasteiger partial charge in [-0.1, -0.05) is 6.07 Å². The maximum atomic E-state index is 12.9. The molecule has 2 saturated heterocycles. The van der Waals surface area contributed by atoms with Crippen molar-refractivity contribution in [1.82, 2.24) is 29.7 Å². The number of benzene rings is 1. The number of nitrogens with zero attached hydrogens (tertiary/aromatic N) is 6. The van der Waals surface area contributed by atoms with Crippen molar-refractivity contribution in [2.45, 2.75) is 77.4 Å². The molecule has 2 unspecified atom stereocenters. The van der Waals surface area contributed by atoms with Gasteiger partial charge in [-0.2, -0.15) is 18.4 Å². The van der Waals surface area contributed by atoms with E-state index in [0.29, 0.717) is 33.8 Å². The lowest BCUT2D eigenvalue weighted by atomic mass is 10.0. The van der Waals surface area contributed by atoms with Gasteiger partial charge in [-0.05, 0) is 62.9 Å². The van der Waals surface area contributed by atoms with Crippen LogP contribution >= 0.6 is 19.8 Å². The summed E-state index contributed by atoms with van der Waals surface area (Å²) in [6.07, 6.45) is -1.96. The van der Waals surface area contributed by atoms with Crippen molar-refractivity contribution in [3.63, 3.8) is 0 Å². The number of aromatic nitrogens is 3. The van der Waals surface area contributed by atoms with E-state index >= 15 is 0 Å². The molecule has 14 heteroatoms. The van der Waals surface area contributed by atoms with Gasteiger partial charge in [0.1, 0.15) is 28.7 Å². The van der Waals surface area contributed by atoms with Crippen LogP contribution in [-0.4, -0.2) is 88.0 Å². The third-order valence-electron chi connectivity index (χ3n) is 9.13. The number of piperidine rings is 1. The van der Waals surface area contributed by atoms with E-state index in [1.165, 1.54) is 17.5 Å². The van der Waals surface area contributed by atoms with Crippen LogP contribution in [0.4, 0.5) is 19.0 Å². The lowest BCUT2D eigenvalue weighted by Gasteiger charge is -2.36. The number of fused-ring (bicyclic) bond motifs is 2. The summed E-state index contributed by atoms with van der Waals surface area (Å²) in [5.74, 6) is 0.609. The average Bonchev–Trinajstić information content (AvgIpc) is 3.60. The van der Waals surface area contributed by atoms with Crippen LogP contribution in [0.5, 0.6) is 0 Å². The fraction of sp³-hybridized carbons (Fsp3) is 0.545. The fourth-order valence-electron chi connectivity index (χ4n) is 6.70. The first-order valence-electron chi connectivity index (χ1n) is 16.0. The highest BCUT2D eigenvalue weighted by Crippen LogP contribution is 2.33. The van der Waals surface area contributed by atoms with Gasteiger partial charge >= 0.3 is 6.18 Å². The fourth-order valence-corrected chi connectivity index (χ4v) is 7.73. The predicted octanol–water partition coefficient (Wildman–Crippen LogP) is 6.60. The first-order chi connectivity index (χ1) is 22.5. The summed E-state index contributed by atoms with van der Waals surface area (Å²) in [5, 5.41) is 18.8. The Morgan fingerprint density at radius 3 is 2.62 bits per heavy atom.